The molecule has 1 aliphatic rings. The van der Waals surface area contributed by atoms with Gasteiger partial charge in [-0.05, 0) is 45.3 Å². The first-order valence-electron chi connectivity index (χ1n) is 5.91. The zero-order valence-electron chi connectivity index (χ0n) is 10.1. The summed E-state index contributed by atoms with van der Waals surface area (Å²) in [4.78, 5) is 14.2. The van der Waals surface area contributed by atoms with Crippen LogP contribution >= 0.6 is 0 Å². The summed E-state index contributed by atoms with van der Waals surface area (Å²) in [7, 11) is 2.07. The molecule has 1 aliphatic heterocycles. The van der Waals surface area contributed by atoms with Gasteiger partial charge in [0, 0.05) is 0 Å². The number of likely N-dealkylation sites (tertiary alicyclic amines) is 1. The lowest BCUT2D eigenvalue weighted by Gasteiger charge is -2.34. The molecule has 0 bridgehead atoms. The highest BCUT2D eigenvalue weighted by molar-refractivity contribution is 5.86. The summed E-state index contributed by atoms with van der Waals surface area (Å²) in [5.74, 6) is 0.302. The molecule has 0 saturated carbocycles. The Labute approximate surface area is 97.3 Å². The maximum atomic E-state index is 11.9. The molecule has 1 aromatic carbocycles. The fourth-order valence-electron chi connectivity index (χ4n) is 2.74. The first kappa shape index (κ1) is 11.3. The number of ketones is 1. The lowest BCUT2D eigenvalue weighted by Crippen LogP contribution is -2.49. The van der Waals surface area contributed by atoms with Gasteiger partial charge in [-0.3, -0.25) is 9.69 Å². The molecule has 1 saturated heterocycles. The van der Waals surface area contributed by atoms with Gasteiger partial charge >= 0.3 is 0 Å². The number of Topliss-reactive ketones (excluding diaryl/α,β-unsaturated/α-hetero) is 1. The average molecular weight is 217 g/mol. The number of carbonyl (C=O) groups excluding carboxylic acids is 1. The van der Waals surface area contributed by atoms with Gasteiger partial charge in [0.05, 0.1) is 5.54 Å². The van der Waals surface area contributed by atoms with Crippen LogP contribution in [0.3, 0.4) is 0 Å². The molecule has 86 valence electrons. The molecule has 1 fully saturated rings. The second-order valence-electron chi connectivity index (χ2n) is 4.78. The Morgan fingerprint density at radius 2 is 2.06 bits per heavy atom. The van der Waals surface area contributed by atoms with Crippen molar-refractivity contribution in [2.45, 2.75) is 31.7 Å². The maximum absolute atomic E-state index is 11.9. The van der Waals surface area contributed by atoms with Crippen LogP contribution in [-0.4, -0.2) is 29.8 Å². The quantitative estimate of drug-likeness (QED) is 0.774. The highest BCUT2D eigenvalue weighted by Crippen LogP contribution is 2.32. The number of carbonyl (C=O) groups is 1. The fourth-order valence-corrected chi connectivity index (χ4v) is 2.74. The van der Waals surface area contributed by atoms with E-state index < -0.39 is 0 Å². The molecule has 0 aromatic heterocycles. The van der Waals surface area contributed by atoms with Crippen molar-refractivity contribution in [1.82, 2.24) is 4.90 Å². The van der Waals surface area contributed by atoms with Crippen molar-refractivity contribution in [3.05, 3.63) is 35.9 Å². The fraction of sp³-hybridized carbons (Fsp3) is 0.500. The van der Waals surface area contributed by atoms with Gasteiger partial charge in [-0.2, -0.15) is 0 Å². The molecular formula is C14H19NO. The third kappa shape index (κ3) is 1.90. The highest BCUT2D eigenvalue weighted by atomic mass is 16.1. The molecule has 0 aliphatic carbocycles. The largest absolute Gasteiger partial charge is 0.298 e. The molecular weight excluding hydrogens is 198 g/mol. The lowest BCUT2D eigenvalue weighted by atomic mass is 9.85. The van der Waals surface area contributed by atoms with Crippen LogP contribution in [0.15, 0.2) is 30.3 Å². The van der Waals surface area contributed by atoms with Gasteiger partial charge in [0.2, 0.25) is 0 Å². The van der Waals surface area contributed by atoms with Gasteiger partial charge in [-0.1, -0.05) is 30.3 Å². The van der Waals surface area contributed by atoms with Crippen molar-refractivity contribution in [2.24, 2.45) is 0 Å². The number of hydrogen-bond donors (Lipinski definition) is 0. The van der Waals surface area contributed by atoms with Gasteiger partial charge in [0.15, 0.2) is 0 Å². The van der Waals surface area contributed by atoms with Gasteiger partial charge in [0.25, 0.3) is 0 Å². The highest BCUT2D eigenvalue weighted by Gasteiger charge is 2.42. The zero-order valence-corrected chi connectivity index (χ0v) is 10.1. The average Bonchev–Trinajstić information content (AvgIpc) is 2.63. The van der Waals surface area contributed by atoms with Crippen LogP contribution in [0, 0.1) is 0 Å². The molecule has 0 unspecified atom stereocenters. The van der Waals surface area contributed by atoms with Crippen LogP contribution in [0.1, 0.15) is 25.3 Å². The van der Waals surface area contributed by atoms with Crippen molar-refractivity contribution < 1.29 is 4.79 Å². The SMILES string of the molecule is CC(=O)[C@]1(Cc2ccccc2)CCCN1C. The van der Waals surface area contributed by atoms with E-state index in [4.69, 9.17) is 0 Å². The van der Waals surface area contributed by atoms with E-state index in [1.54, 1.807) is 6.92 Å². The second kappa shape index (κ2) is 4.38. The van der Waals surface area contributed by atoms with Crippen LogP contribution in [-0.2, 0) is 11.2 Å². The van der Waals surface area contributed by atoms with E-state index in [2.05, 4.69) is 24.1 Å². The number of rotatable bonds is 3. The third-order valence-electron chi connectivity index (χ3n) is 3.81. The monoisotopic (exact) mass is 217 g/mol. The molecule has 0 N–H and O–H groups in total. The van der Waals surface area contributed by atoms with Crippen LogP contribution in [0.4, 0.5) is 0 Å². The van der Waals surface area contributed by atoms with E-state index in [1.165, 1.54) is 5.56 Å². The summed E-state index contributed by atoms with van der Waals surface area (Å²) in [6, 6.07) is 10.3. The van der Waals surface area contributed by atoms with Gasteiger partial charge < -0.3 is 0 Å². The van der Waals surface area contributed by atoms with E-state index in [9.17, 15) is 4.79 Å². The van der Waals surface area contributed by atoms with E-state index in [-0.39, 0.29) is 5.54 Å². The van der Waals surface area contributed by atoms with E-state index in [1.807, 2.05) is 18.2 Å². The summed E-state index contributed by atoms with van der Waals surface area (Å²) < 4.78 is 0. The third-order valence-corrected chi connectivity index (χ3v) is 3.81. The Kier molecular flexibility index (Phi) is 3.10. The Morgan fingerprint density at radius 3 is 2.56 bits per heavy atom. The van der Waals surface area contributed by atoms with Crippen molar-refractivity contribution in [2.75, 3.05) is 13.6 Å². The minimum absolute atomic E-state index is 0.249. The summed E-state index contributed by atoms with van der Waals surface area (Å²) in [6.45, 7) is 2.76. The van der Waals surface area contributed by atoms with E-state index in [0.717, 1.165) is 25.8 Å². The molecule has 2 nitrogen and oxygen atoms in total. The summed E-state index contributed by atoms with van der Waals surface area (Å²) in [6.07, 6.45) is 2.97. The number of nitrogens with zero attached hydrogens (tertiary/aromatic N) is 1. The van der Waals surface area contributed by atoms with Crippen LogP contribution in [0.2, 0.25) is 0 Å². The summed E-state index contributed by atoms with van der Waals surface area (Å²) in [5, 5.41) is 0. The van der Waals surface area contributed by atoms with Gasteiger partial charge in [-0.25, -0.2) is 0 Å². The first-order chi connectivity index (χ1) is 7.65. The van der Waals surface area contributed by atoms with E-state index in [0.29, 0.717) is 5.78 Å². The first-order valence-corrected chi connectivity index (χ1v) is 5.91. The molecule has 2 rings (SSSR count). The molecule has 16 heavy (non-hydrogen) atoms. The second-order valence-corrected chi connectivity index (χ2v) is 4.78. The zero-order chi connectivity index (χ0) is 11.6. The van der Waals surface area contributed by atoms with Gasteiger partial charge in [0.1, 0.15) is 5.78 Å². The van der Waals surface area contributed by atoms with Crippen LogP contribution in [0.25, 0.3) is 0 Å². The Morgan fingerprint density at radius 1 is 1.38 bits per heavy atom. The molecule has 1 atom stereocenters. The lowest BCUT2D eigenvalue weighted by molar-refractivity contribution is -0.126. The van der Waals surface area contributed by atoms with Crippen molar-refractivity contribution in [3.63, 3.8) is 0 Å². The van der Waals surface area contributed by atoms with Crippen LogP contribution in [0.5, 0.6) is 0 Å². The Bertz CT molecular complexity index is 374. The van der Waals surface area contributed by atoms with Crippen molar-refractivity contribution >= 4 is 5.78 Å². The maximum Gasteiger partial charge on any atom is 0.150 e. The number of hydrogen-bond acceptors (Lipinski definition) is 2. The normalized spacial score (nSPS) is 25.9. The predicted octanol–water partition coefficient (Wildman–Crippen LogP) is 2.28. The molecule has 0 radical (unpaired) electrons. The molecule has 2 heteroatoms. The Hall–Kier alpha value is -1.15. The smallest absolute Gasteiger partial charge is 0.150 e. The van der Waals surface area contributed by atoms with Crippen molar-refractivity contribution in [3.8, 4) is 0 Å². The molecule has 1 heterocycles. The van der Waals surface area contributed by atoms with Gasteiger partial charge in [-0.15, -0.1) is 0 Å². The minimum atomic E-state index is -0.249. The standard InChI is InChI=1S/C14H19NO/c1-12(16)14(9-6-10-15(14)2)11-13-7-4-3-5-8-13/h3-5,7-8H,6,9-11H2,1-2H3/t14-/m1/s1. The molecule has 0 amide bonds. The summed E-state index contributed by atoms with van der Waals surface area (Å²) in [5.41, 5.74) is 1.01. The minimum Gasteiger partial charge on any atom is -0.298 e. The number of benzene rings is 1. The topological polar surface area (TPSA) is 20.3 Å². The molecule has 0 spiro atoms. The van der Waals surface area contributed by atoms with E-state index >= 15 is 0 Å². The van der Waals surface area contributed by atoms with Crippen molar-refractivity contribution in [1.29, 1.82) is 0 Å². The molecule has 1 aromatic rings. The van der Waals surface area contributed by atoms with Crippen LogP contribution < -0.4 is 0 Å². The Balaban J connectivity index is 2.25. The summed E-state index contributed by atoms with van der Waals surface area (Å²) >= 11 is 0. The number of likely N-dealkylation sites (N-methyl/N-ethyl adjacent to an activating group) is 1. The predicted molar refractivity (Wildman–Crippen MR) is 65.4 cm³/mol.